The Kier molecular flexibility index (Phi) is 7.76. The van der Waals surface area contributed by atoms with Crippen molar-refractivity contribution in [2.45, 2.75) is 33.6 Å². The highest BCUT2D eigenvalue weighted by atomic mass is 32.2. The van der Waals surface area contributed by atoms with Gasteiger partial charge in [-0.1, -0.05) is 13.8 Å². The minimum Gasteiger partial charge on any atom is -0.466 e. The lowest BCUT2D eigenvalue weighted by atomic mass is 10.2. The van der Waals surface area contributed by atoms with Crippen LogP contribution in [0.15, 0.2) is 0 Å². The van der Waals surface area contributed by atoms with Crippen molar-refractivity contribution in [2.24, 2.45) is 5.92 Å². The second-order valence-corrected chi connectivity index (χ2v) is 5.28. The highest BCUT2D eigenvalue weighted by molar-refractivity contribution is 7.84. The molecule has 0 saturated carbocycles. The zero-order valence-electron chi connectivity index (χ0n) is 9.25. The Morgan fingerprint density at radius 2 is 2.00 bits per heavy atom. The fourth-order valence-electron chi connectivity index (χ4n) is 0.900. The monoisotopic (exact) mass is 220 g/mol. The Morgan fingerprint density at radius 3 is 2.50 bits per heavy atom. The first kappa shape index (κ1) is 13.6. The third-order valence-electron chi connectivity index (χ3n) is 1.76. The molecule has 4 heteroatoms. The summed E-state index contributed by atoms with van der Waals surface area (Å²) in [6, 6.07) is 0. The third kappa shape index (κ3) is 8.23. The molecule has 0 bridgehead atoms. The van der Waals surface area contributed by atoms with Gasteiger partial charge in [0.05, 0.1) is 13.0 Å². The van der Waals surface area contributed by atoms with Gasteiger partial charge in [0.1, 0.15) is 0 Å². The normalized spacial score (nSPS) is 12.9. The van der Waals surface area contributed by atoms with E-state index in [1.165, 1.54) is 0 Å². The molecular formula is C10H20O3S. The minimum absolute atomic E-state index is 0.245. The lowest BCUT2D eigenvalue weighted by Crippen LogP contribution is -2.11. The summed E-state index contributed by atoms with van der Waals surface area (Å²) in [7, 11) is -0.866. The van der Waals surface area contributed by atoms with Crippen molar-refractivity contribution in [3.05, 3.63) is 0 Å². The highest BCUT2D eigenvalue weighted by Gasteiger charge is 2.06. The number of carbonyl (C=O) groups excluding carboxylic acids is 1. The SMILES string of the molecule is CCOC(=O)CCS(=O)CCC(C)C. The molecule has 0 aromatic rings. The molecular weight excluding hydrogens is 200 g/mol. The summed E-state index contributed by atoms with van der Waals surface area (Å²) in [6.45, 7) is 6.37. The smallest absolute Gasteiger partial charge is 0.306 e. The molecule has 0 aliphatic rings. The van der Waals surface area contributed by atoms with Gasteiger partial charge in [0, 0.05) is 22.3 Å². The Bertz CT molecular complexity index is 190. The lowest BCUT2D eigenvalue weighted by Gasteiger charge is -2.04. The van der Waals surface area contributed by atoms with Crippen LogP contribution in [-0.2, 0) is 20.3 Å². The molecule has 3 nitrogen and oxygen atoms in total. The first-order valence-electron chi connectivity index (χ1n) is 5.06. The van der Waals surface area contributed by atoms with E-state index in [1.807, 2.05) is 0 Å². The van der Waals surface area contributed by atoms with Crippen molar-refractivity contribution in [1.82, 2.24) is 0 Å². The van der Waals surface area contributed by atoms with E-state index in [-0.39, 0.29) is 12.4 Å². The molecule has 14 heavy (non-hydrogen) atoms. The predicted molar refractivity (Wildman–Crippen MR) is 58.6 cm³/mol. The zero-order chi connectivity index (χ0) is 11.0. The molecule has 0 aromatic heterocycles. The molecule has 0 fully saturated rings. The zero-order valence-corrected chi connectivity index (χ0v) is 10.1. The van der Waals surface area contributed by atoms with Gasteiger partial charge in [-0.15, -0.1) is 0 Å². The molecule has 0 spiro atoms. The molecule has 0 amide bonds. The lowest BCUT2D eigenvalue weighted by molar-refractivity contribution is -0.142. The van der Waals surface area contributed by atoms with E-state index < -0.39 is 10.8 Å². The van der Waals surface area contributed by atoms with E-state index in [2.05, 4.69) is 13.8 Å². The van der Waals surface area contributed by atoms with Crippen LogP contribution in [0.3, 0.4) is 0 Å². The first-order valence-corrected chi connectivity index (χ1v) is 6.55. The molecule has 0 saturated heterocycles. The first-order chi connectivity index (χ1) is 6.56. The van der Waals surface area contributed by atoms with E-state index in [4.69, 9.17) is 4.74 Å². The molecule has 0 rings (SSSR count). The highest BCUT2D eigenvalue weighted by Crippen LogP contribution is 2.02. The van der Waals surface area contributed by atoms with Gasteiger partial charge < -0.3 is 4.74 Å². The average Bonchev–Trinajstić information content (AvgIpc) is 2.12. The van der Waals surface area contributed by atoms with Crippen LogP contribution >= 0.6 is 0 Å². The van der Waals surface area contributed by atoms with Gasteiger partial charge in [0.2, 0.25) is 0 Å². The molecule has 0 radical (unpaired) electrons. The van der Waals surface area contributed by atoms with Crippen molar-refractivity contribution in [1.29, 1.82) is 0 Å². The Hall–Kier alpha value is -0.380. The molecule has 0 heterocycles. The molecule has 0 aliphatic heterocycles. The maximum Gasteiger partial charge on any atom is 0.306 e. The van der Waals surface area contributed by atoms with E-state index in [0.29, 0.717) is 24.0 Å². The van der Waals surface area contributed by atoms with Crippen LogP contribution in [0, 0.1) is 5.92 Å². The van der Waals surface area contributed by atoms with Crippen LogP contribution in [0.4, 0.5) is 0 Å². The molecule has 0 N–H and O–H groups in total. The van der Waals surface area contributed by atoms with Crippen LogP contribution in [0.2, 0.25) is 0 Å². The van der Waals surface area contributed by atoms with E-state index in [9.17, 15) is 9.00 Å². The summed E-state index contributed by atoms with van der Waals surface area (Å²) in [5.74, 6) is 1.45. The molecule has 1 atom stereocenters. The fourth-order valence-corrected chi connectivity index (χ4v) is 2.23. The van der Waals surface area contributed by atoms with Crippen LogP contribution < -0.4 is 0 Å². The van der Waals surface area contributed by atoms with Crippen LogP contribution in [-0.4, -0.2) is 28.3 Å². The Morgan fingerprint density at radius 1 is 1.36 bits per heavy atom. The van der Waals surface area contributed by atoms with Crippen molar-refractivity contribution < 1.29 is 13.7 Å². The standard InChI is InChI=1S/C10H20O3S/c1-4-13-10(11)6-8-14(12)7-5-9(2)3/h9H,4-8H2,1-3H3. The maximum absolute atomic E-state index is 11.4. The molecule has 1 unspecified atom stereocenters. The summed E-state index contributed by atoms with van der Waals surface area (Å²) in [4.78, 5) is 10.9. The number of esters is 1. The van der Waals surface area contributed by atoms with E-state index in [0.717, 1.165) is 6.42 Å². The second-order valence-electron chi connectivity index (χ2n) is 3.59. The number of hydrogen-bond donors (Lipinski definition) is 0. The topological polar surface area (TPSA) is 43.4 Å². The second kappa shape index (κ2) is 7.97. The van der Waals surface area contributed by atoms with Gasteiger partial charge in [0.15, 0.2) is 0 Å². The maximum atomic E-state index is 11.4. The minimum atomic E-state index is -0.866. The van der Waals surface area contributed by atoms with Gasteiger partial charge in [-0.3, -0.25) is 9.00 Å². The number of rotatable bonds is 7. The molecule has 84 valence electrons. The molecule has 0 aliphatic carbocycles. The van der Waals surface area contributed by atoms with Crippen molar-refractivity contribution in [3.8, 4) is 0 Å². The number of hydrogen-bond acceptors (Lipinski definition) is 3. The summed E-state index contributed by atoms with van der Waals surface area (Å²) >= 11 is 0. The summed E-state index contributed by atoms with van der Waals surface area (Å²) in [5.41, 5.74) is 0. The Balaban J connectivity index is 3.48. The van der Waals surface area contributed by atoms with Crippen molar-refractivity contribution >= 4 is 16.8 Å². The van der Waals surface area contributed by atoms with Gasteiger partial charge in [-0.25, -0.2) is 0 Å². The van der Waals surface area contributed by atoms with Gasteiger partial charge in [0.25, 0.3) is 0 Å². The third-order valence-corrected chi connectivity index (χ3v) is 3.11. The van der Waals surface area contributed by atoms with E-state index in [1.54, 1.807) is 6.92 Å². The molecule has 0 aromatic carbocycles. The summed E-state index contributed by atoms with van der Waals surface area (Å²) in [6.07, 6.45) is 1.23. The number of ether oxygens (including phenoxy) is 1. The van der Waals surface area contributed by atoms with Crippen LogP contribution in [0.5, 0.6) is 0 Å². The van der Waals surface area contributed by atoms with E-state index >= 15 is 0 Å². The predicted octanol–water partition coefficient (Wildman–Crippen LogP) is 1.73. The van der Waals surface area contributed by atoms with Gasteiger partial charge in [-0.05, 0) is 19.3 Å². The van der Waals surface area contributed by atoms with Crippen molar-refractivity contribution in [2.75, 3.05) is 18.1 Å². The quantitative estimate of drug-likeness (QED) is 0.614. The summed E-state index contributed by atoms with van der Waals surface area (Å²) in [5, 5.41) is 0. The summed E-state index contributed by atoms with van der Waals surface area (Å²) < 4.78 is 16.1. The largest absolute Gasteiger partial charge is 0.466 e. The fraction of sp³-hybridized carbons (Fsp3) is 0.900. The average molecular weight is 220 g/mol. The van der Waals surface area contributed by atoms with Gasteiger partial charge >= 0.3 is 5.97 Å². The number of carbonyl (C=O) groups is 1. The van der Waals surface area contributed by atoms with Crippen LogP contribution in [0.25, 0.3) is 0 Å². The van der Waals surface area contributed by atoms with Crippen LogP contribution in [0.1, 0.15) is 33.6 Å². The Labute approximate surface area is 88.7 Å². The van der Waals surface area contributed by atoms with Crippen molar-refractivity contribution in [3.63, 3.8) is 0 Å². The van der Waals surface area contributed by atoms with Gasteiger partial charge in [-0.2, -0.15) is 0 Å².